The summed E-state index contributed by atoms with van der Waals surface area (Å²) in [5.74, 6) is 1.23. The molecule has 1 fully saturated rings. The summed E-state index contributed by atoms with van der Waals surface area (Å²) in [7, 11) is 1.75. The van der Waals surface area contributed by atoms with Crippen molar-refractivity contribution in [3.63, 3.8) is 0 Å². The third-order valence-corrected chi connectivity index (χ3v) is 4.11. The molecule has 1 atom stereocenters. The standard InChI is InChI=1S/C17H23N5O2/c1-12(2)8-13-10-22(6-7-24-13)17-20-15(9-16(23)21(17)3)14-4-5-18-11-19-14/h4-5,9,11-13H,6-8,10H2,1-3H3. The van der Waals surface area contributed by atoms with E-state index in [1.807, 2.05) is 0 Å². The molecule has 3 heterocycles. The zero-order chi connectivity index (χ0) is 17.1. The zero-order valence-electron chi connectivity index (χ0n) is 14.3. The lowest BCUT2D eigenvalue weighted by Crippen LogP contribution is -2.45. The van der Waals surface area contributed by atoms with Crippen LogP contribution in [0, 0.1) is 5.92 Å². The largest absolute Gasteiger partial charge is 0.375 e. The molecule has 0 spiro atoms. The first-order valence-corrected chi connectivity index (χ1v) is 8.25. The summed E-state index contributed by atoms with van der Waals surface area (Å²) in [6.45, 7) is 6.48. The fourth-order valence-corrected chi connectivity index (χ4v) is 2.95. The van der Waals surface area contributed by atoms with Crippen molar-refractivity contribution < 1.29 is 4.74 Å². The molecule has 1 aliphatic rings. The molecule has 1 unspecified atom stereocenters. The average molecular weight is 329 g/mol. The molecule has 0 N–H and O–H groups in total. The Labute approximate surface area is 141 Å². The van der Waals surface area contributed by atoms with Crippen LogP contribution in [0.1, 0.15) is 20.3 Å². The van der Waals surface area contributed by atoms with E-state index < -0.39 is 0 Å². The van der Waals surface area contributed by atoms with Crippen LogP contribution in [-0.2, 0) is 11.8 Å². The summed E-state index contributed by atoms with van der Waals surface area (Å²) >= 11 is 0. The molecule has 7 heteroatoms. The van der Waals surface area contributed by atoms with Gasteiger partial charge in [-0.15, -0.1) is 0 Å². The number of ether oxygens (including phenoxy) is 1. The molecule has 3 rings (SSSR count). The molecule has 0 bridgehead atoms. The maximum Gasteiger partial charge on any atom is 0.255 e. The van der Waals surface area contributed by atoms with E-state index in [1.54, 1.807) is 23.9 Å². The third kappa shape index (κ3) is 3.62. The van der Waals surface area contributed by atoms with Crippen molar-refractivity contribution in [1.82, 2.24) is 19.5 Å². The van der Waals surface area contributed by atoms with E-state index in [4.69, 9.17) is 4.74 Å². The molecule has 1 saturated heterocycles. The van der Waals surface area contributed by atoms with Crippen LogP contribution in [0.5, 0.6) is 0 Å². The van der Waals surface area contributed by atoms with Gasteiger partial charge in [0, 0.05) is 32.4 Å². The van der Waals surface area contributed by atoms with E-state index in [1.165, 1.54) is 12.4 Å². The van der Waals surface area contributed by atoms with E-state index in [0.29, 0.717) is 29.9 Å². The molecule has 7 nitrogen and oxygen atoms in total. The summed E-state index contributed by atoms with van der Waals surface area (Å²) in [4.78, 5) is 27.3. The molecule has 0 radical (unpaired) electrons. The highest BCUT2D eigenvalue weighted by Gasteiger charge is 2.24. The summed E-state index contributed by atoms with van der Waals surface area (Å²) in [6, 6.07) is 3.27. The zero-order valence-corrected chi connectivity index (χ0v) is 14.3. The van der Waals surface area contributed by atoms with Crippen LogP contribution >= 0.6 is 0 Å². The second-order valence-corrected chi connectivity index (χ2v) is 6.50. The van der Waals surface area contributed by atoms with Gasteiger partial charge in [0.05, 0.1) is 24.1 Å². The highest BCUT2D eigenvalue weighted by atomic mass is 16.5. The number of rotatable bonds is 4. The van der Waals surface area contributed by atoms with E-state index in [0.717, 1.165) is 19.5 Å². The van der Waals surface area contributed by atoms with Gasteiger partial charge in [-0.3, -0.25) is 9.36 Å². The first-order valence-electron chi connectivity index (χ1n) is 8.25. The molecule has 2 aromatic heterocycles. The van der Waals surface area contributed by atoms with Crippen LogP contribution in [0.25, 0.3) is 11.4 Å². The van der Waals surface area contributed by atoms with Crippen LogP contribution in [0.3, 0.4) is 0 Å². The Morgan fingerprint density at radius 3 is 2.92 bits per heavy atom. The van der Waals surface area contributed by atoms with Gasteiger partial charge in [-0.1, -0.05) is 13.8 Å². The van der Waals surface area contributed by atoms with E-state index >= 15 is 0 Å². The summed E-state index contributed by atoms with van der Waals surface area (Å²) in [6.07, 6.45) is 4.27. The van der Waals surface area contributed by atoms with E-state index in [-0.39, 0.29) is 11.7 Å². The predicted octanol–water partition coefficient (Wildman–Crippen LogP) is 1.49. The monoisotopic (exact) mass is 329 g/mol. The lowest BCUT2D eigenvalue weighted by atomic mass is 10.0. The van der Waals surface area contributed by atoms with Crippen LogP contribution in [0.4, 0.5) is 5.95 Å². The number of hydrogen-bond donors (Lipinski definition) is 0. The van der Waals surface area contributed by atoms with Crippen LogP contribution in [0.15, 0.2) is 29.5 Å². The van der Waals surface area contributed by atoms with E-state index in [2.05, 4.69) is 33.7 Å². The third-order valence-electron chi connectivity index (χ3n) is 4.11. The Balaban J connectivity index is 1.92. The highest BCUT2D eigenvalue weighted by Crippen LogP contribution is 2.20. The summed E-state index contributed by atoms with van der Waals surface area (Å²) < 4.78 is 7.43. The molecule has 24 heavy (non-hydrogen) atoms. The van der Waals surface area contributed by atoms with Gasteiger partial charge in [0.25, 0.3) is 5.56 Å². The number of nitrogens with zero attached hydrogens (tertiary/aromatic N) is 5. The Bertz CT molecular complexity index is 744. The second kappa shape index (κ2) is 7.09. The average Bonchev–Trinajstić information content (AvgIpc) is 2.57. The van der Waals surface area contributed by atoms with Crippen LogP contribution < -0.4 is 10.5 Å². The van der Waals surface area contributed by atoms with Gasteiger partial charge in [0.2, 0.25) is 5.95 Å². The molecule has 0 amide bonds. The SMILES string of the molecule is CC(C)CC1CN(c2nc(-c3ccncn3)cc(=O)n2C)CCO1. The molecule has 1 aliphatic heterocycles. The maximum atomic E-state index is 12.4. The number of hydrogen-bond acceptors (Lipinski definition) is 6. The Morgan fingerprint density at radius 1 is 1.38 bits per heavy atom. The van der Waals surface area contributed by atoms with Crippen molar-refractivity contribution in [2.24, 2.45) is 13.0 Å². The molecular formula is C17H23N5O2. The highest BCUT2D eigenvalue weighted by molar-refractivity contribution is 5.55. The maximum absolute atomic E-state index is 12.4. The van der Waals surface area contributed by atoms with Gasteiger partial charge in [-0.05, 0) is 18.4 Å². The van der Waals surface area contributed by atoms with Gasteiger partial charge >= 0.3 is 0 Å². The minimum absolute atomic E-state index is 0.0967. The molecule has 0 saturated carbocycles. The summed E-state index contributed by atoms with van der Waals surface area (Å²) in [5.41, 5.74) is 1.12. The van der Waals surface area contributed by atoms with Gasteiger partial charge < -0.3 is 9.64 Å². The number of anilines is 1. The minimum Gasteiger partial charge on any atom is -0.375 e. The van der Waals surface area contributed by atoms with Crippen LogP contribution in [0.2, 0.25) is 0 Å². The lowest BCUT2D eigenvalue weighted by molar-refractivity contribution is 0.0268. The van der Waals surface area contributed by atoms with Crippen molar-refractivity contribution in [1.29, 1.82) is 0 Å². The normalized spacial score (nSPS) is 18.2. The van der Waals surface area contributed by atoms with Gasteiger partial charge in [0.1, 0.15) is 6.33 Å². The first kappa shape index (κ1) is 16.6. The molecular weight excluding hydrogens is 306 g/mol. The Kier molecular flexibility index (Phi) is 4.89. The van der Waals surface area contributed by atoms with Crippen molar-refractivity contribution in [3.8, 4) is 11.4 Å². The van der Waals surface area contributed by atoms with Gasteiger partial charge in [-0.25, -0.2) is 15.0 Å². The lowest BCUT2D eigenvalue weighted by Gasteiger charge is -2.35. The fraction of sp³-hybridized carbons (Fsp3) is 0.529. The van der Waals surface area contributed by atoms with Crippen molar-refractivity contribution in [2.45, 2.75) is 26.4 Å². The molecule has 128 valence electrons. The van der Waals surface area contributed by atoms with E-state index in [9.17, 15) is 4.79 Å². The van der Waals surface area contributed by atoms with Gasteiger partial charge in [-0.2, -0.15) is 0 Å². The van der Waals surface area contributed by atoms with Gasteiger partial charge in [0.15, 0.2) is 0 Å². The topological polar surface area (TPSA) is 73.1 Å². The first-order chi connectivity index (χ1) is 11.5. The summed E-state index contributed by atoms with van der Waals surface area (Å²) in [5, 5.41) is 0. The fourth-order valence-electron chi connectivity index (χ4n) is 2.95. The minimum atomic E-state index is -0.0967. The molecule has 0 aromatic carbocycles. The smallest absolute Gasteiger partial charge is 0.255 e. The second-order valence-electron chi connectivity index (χ2n) is 6.50. The number of morpholine rings is 1. The number of aromatic nitrogens is 4. The van der Waals surface area contributed by atoms with Crippen LogP contribution in [-0.4, -0.2) is 45.3 Å². The molecule has 0 aliphatic carbocycles. The Morgan fingerprint density at radius 2 is 2.21 bits per heavy atom. The predicted molar refractivity (Wildman–Crippen MR) is 91.9 cm³/mol. The molecule has 2 aromatic rings. The quantitative estimate of drug-likeness (QED) is 0.846. The Hall–Kier alpha value is -2.28. The van der Waals surface area contributed by atoms with Crippen molar-refractivity contribution >= 4 is 5.95 Å². The van der Waals surface area contributed by atoms with Crippen molar-refractivity contribution in [2.75, 3.05) is 24.6 Å². The van der Waals surface area contributed by atoms with Crippen molar-refractivity contribution in [3.05, 3.63) is 35.0 Å².